The van der Waals surface area contributed by atoms with Crippen molar-refractivity contribution in [2.45, 2.75) is 25.3 Å². The van der Waals surface area contributed by atoms with Gasteiger partial charge >= 0.3 is 5.97 Å². The number of para-hydroxylation sites is 1. The summed E-state index contributed by atoms with van der Waals surface area (Å²) in [5.74, 6) is -0.307. The molecule has 3 aromatic rings. The first-order valence-corrected chi connectivity index (χ1v) is 11.8. The van der Waals surface area contributed by atoms with E-state index in [9.17, 15) is 14.7 Å². The number of esters is 1. The zero-order valence-corrected chi connectivity index (χ0v) is 20.1. The van der Waals surface area contributed by atoms with Gasteiger partial charge in [0.2, 0.25) is 0 Å². The van der Waals surface area contributed by atoms with Gasteiger partial charge in [-0.15, -0.1) is 0 Å². The molecule has 2 aliphatic rings. The summed E-state index contributed by atoms with van der Waals surface area (Å²) < 4.78 is 4.82. The molecule has 0 aromatic heterocycles. The highest BCUT2D eigenvalue weighted by Gasteiger charge is 2.38. The van der Waals surface area contributed by atoms with Crippen molar-refractivity contribution in [2.24, 2.45) is 11.0 Å². The van der Waals surface area contributed by atoms with E-state index in [0.29, 0.717) is 17.2 Å². The number of nitrogens with one attached hydrogen (secondary N) is 2. The standard InChI is InChI=1S/C29H27N3O4/c1-17(31-32-28(34)23-6-3-4-9-26(23)33)20-14-15-25-24(16-20)21-7-5-8-22(21)27(30-25)18-10-12-19(13-11-18)29(35)36-2/h3-7,9-16,21-22,27,30,33H,8H2,1-2H3,(H,32,34)/b31-17-/t21-,22-,27-/m0/s1. The first-order valence-electron chi connectivity index (χ1n) is 11.8. The summed E-state index contributed by atoms with van der Waals surface area (Å²) in [6.07, 6.45) is 5.44. The number of hydrogen-bond donors (Lipinski definition) is 3. The molecule has 7 heteroatoms. The van der Waals surface area contributed by atoms with E-state index in [0.717, 1.165) is 23.2 Å². The lowest BCUT2D eigenvalue weighted by molar-refractivity contribution is 0.0600. The molecule has 36 heavy (non-hydrogen) atoms. The number of fused-ring (bicyclic) bond motifs is 3. The predicted octanol–water partition coefficient (Wildman–Crippen LogP) is 5.16. The number of carbonyl (C=O) groups excluding carboxylic acids is 2. The molecule has 3 atom stereocenters. The third-order valence-corrected chi connectivity index (χ3v) is 6.95. The predicted molar refractivity (Wildman–Crippen MR) is 138 cm³/mol. The summed E-state index contributed by atoms with van der Waals surface area (Å²) in [4.78, 5) is 24.2. The highest BCUT2D eigenvalue weighted by molar-refractivity contribution is 6.02. The number of nitrogens with zero attached hydrogens (tertiary/aromatic N) is 1. The molecule has 0 radical (unpaired) electrons. The van der Waals surface area contributed by atoms with Crippen molar-refractivity contribution in [3.05, 3.63) is 107 Å². The van der Waals surface area contributed by atoms with Gasteiger partial charge in [0, 0.05) is 11.6 Å². The number of methoxy groups -OCH3 is 1. The number of aromatic hydroxyl groups is 1. The summed E-state index contributed by atoms with van der Waals surface area (Å²) in [5, 5.41) is 17.9. The molecule has 1 amide bonds. The van der Waals surface area contributed by atoms with Crippen LogP contribution in [-0.2, 0) is 4.74 Å². The molecule has 5 rings (SSSR count). The molecule has 1 aliphatic heterocycles. The van der Waals surface area contributed by atoms with Crippen LogP contribution in [0.2, 0.25) is 0 Å². The smallest absolute Gasteiger partial charge is 0.337 e. The Balaban J connectivity index is 1.38. The van der Waals surface area contributed by atoms with Crippen LogP contribution < -0.4 is 10.7 Å². The zero-order valence-electron chi connectivity index (χ0n) is 20.1. The number of phenols is 1. The number of carbonyl (C=O) groups is 2. The van der Waals surface area contributed by atoms with Gasteiger partial charge in [-0.2, -0.15) is 5.10 Å². The number of hydrogen-bond acceptors (Lipinski definition) is 6. The molecule has 0 saturated carbocycles. The lowest BCUT2D eigenvalue weighted by atomic mass is 9.76. The van der Waals surface area contributed by atoms with Crippen molar-refractivity contribution in [1.82, 2.24) is 5.43 Å². The van der Waals surface area contributed by atoms with Crippen LogP contribution in [0.1, 0.15) is 62.7 Å². The Bertz CT molecular complexity index is 1380. The van der Waals surface area contributed by atoms with Gasteiger partial charge < -0.3 is 15.2 Å². The minimum Gasteiger partial charge on any atom is -0.507 e. The van der Waals surface area contributed by atoms with Crippen molar-refractivity contribution in [3.63, 3.8) is 0 Å². The number of anilines is 1. The summed E-state index contributed by atoms with van der Waals surface area (Å²) in [6, 6.07) is 20.2. The minimum absolute atomic E-state index is 0.0868. The molecular formula is C29H27N3O4. The van der Waals surface area contributed by atoms with E-state index in [2.05, 4.69) is 34.1 Å². The van der Waals surface area contributed by atoms with Gasteiger partial charge in [-0.25, -0.2) is 10.2 Å². The first-order chi connectivity index (χ1) is 17.5. The number of hydrazone groups is 1. The van der Waals surface area contributed by atoms with E-state index in [1.54, 1.807) is 18.2 Å². The monoisotopic (exact) mass is 481 g/mol. The number of benzene rings is 3. The summed E-state index contributed by atoms with van der Waals surface area (Å²) in [5.41, 5.74) is 8.19. The van der Waals surface area contributed by atoms with E-state index in [1.165, 1.54) is 18.7 Å². The molecule has 7 nitrogen and oxygen atoms in total. The van der Waals surface area contributed by atoms with Crippen LogP contribution in [0.25, 0.3) is 0 Å². The van der Waals surface area contributed by atoms with Gasteiger partial charge in [-0.05, 0) is 72.4 Å². The zero-order chi connectivity index (χ0) is 25.2. The minimum atomic E-state index is -0.466. The normalized spacial score (nSPS) is 20.2. The third-order valence-electron chi connectivity index (χ3n) is 6.95. The van der Waals surface area contributed by atoms with E-state index in [4.69, 9.17) is 4.74 Å². The van der Waals surface area contributed by atoms with E-state index in [1.807, 2.05) is 43.3 Å². The summed E-state index contributed by atoms with van der Waals surface area (Å²) in [6.45, 7) is 1.84. The number of amides is 1. The van der Waals surface area contributed by atoms with Crippen LogP contribution in [0, 0.1) is 5.92 Å². The average Bonchev–Trinajstić information content (AvgIpc) is 3.41. The average molecular weight is 482 g/mol. The maximum absolute atomic E-state index is 12.4. The van der Waals surface area contributed by atoms with Crippen LogP contribution in [0.4, 0.5) is 5.69 Å². The van der Waals surface area contributed by atoms with Gasteiger partial charge in [-0.3, -0.25) is 4.79 Å². The Labute approximate surface area is 209 Å². The molecule has 0 saturated heterocycles. The molecule has 0 fully saturated rings. The summed E-state index contributed by atoms with van der Waals surface area (Å²) in [7, 11) is 1.38. The van der Waals surface area contributed by atoms with Crippen molar-refractivity contribution < 1.29 is 19.4 Å². The van der Waals surface area contributed by atoms with Crippen LogP contribution in [0.15, 0.2) is 84.0 Å². The number of phenolic OH excluding ortho intramolecular Hbond substituents is 1. The molecule has 1 heterocycles. The van der Waals surface area contributed by atoms with E-state index >= 15 is 0 Å². The lowest BCUT2D eigenvalue weighted by Gasteiger charge is -2.37. The van der Waals surface area contributed by atoms with Gasteiger partial charge in [0.15, 0.2) is 0 Å². The molecule has 1 aliphatic carbocycles. The second kappa shape index (κ2) is 9.70. The van der Waals surface area contributed by atoms with Gasteiger partial charge in [0.05, 0.1) is 30.0 Å². The Kier molecular flexibility index (Phi) is 6.29. The topological polar surface area (TPSA) is 100 Å². The van der Waals surface area contributed by atoms with Crippen molar-refractivity contribution in [3.8, 4) is 5.75 Å². The maximum atomic E-state index is 12.4. The van der Waals surface area contributed by atoms with Gasteiger partial charge in [0.1, 0.15) is 5.75 Å². The lowest BCUT2D eigenvalue weighted by Crippen LogP contribution is -2.29. The first kappa shape index (κ1) is 23.4. The van der Waals surface area contributed by atoms with E-state index < -0.39 is 5.91 Å². The number of rotatable bonds is 5. The van der Waals surface area contributed by atoms with Crippen molar-refractivity contribution in [2.75, 3.05) is 12.4 Å². The molecule has 3 N–H and O–H groups in total. The van der Waals surface area contributed by atoms with Crippen LogP contribution in [0.5, 0.6) is 5.75 Å². The second-order valence-electron chi connectivity index (χ2n) is 9.05. The maximum Gasteiger partial charge on any atom is 0.337 e. The molecule has 0 bridgehead atoms. The summed E-state index contributed by atoms with van der Waals surface area (Å²) >= 11 is 0. The largest absolute Gasteiger partial charge is 0.507 e. The fourth-order valence-electron chi connectivity index (χ4n) is 5.02. The van der Waals surface area contributed by atoms with Crippen molar-refractivity contribution >= 4 is 23.3 Å². The Hall–Kier alpha value is -4.39. The van der Waals surface area contributed by atoms with Gasteiger partial charge in [-0.1, -0.05) is 42.5 Å². The fraction of sp³-hybridized carbons (Fsp3) is 0.207. The van der Waals surface area contributed by atoms with Crippen LogP contribution >= 0.6 is 0 Å². The highest BCUT2D eigenvalue weighted by Crippen LogP contribution is 2.50. The second-order valence-corrected chi connectivity index (χ2v) is 9.05. The Morgan fingerprint density at radius 2 is 1.81 bits per heavy atom. The Morgan fingerprint density at radius 3 is 2.56 bits per heavy atom. The molecule has 0 spiro atoms. The number of allylic oxidation sites excluding steroid dienone is 2. The SMILES string of the molecule is COC(=O)c1ccc([C@@H]2Nc3ccc(/C(C)=N\NC(=O)c4ccccc4O)cc3[C@H]3C=CC[C@@H]32)cc1. The van der Waals surface area contributed by atoms with Crippen LogP contribution in [-0.4, -0.2) is 29.8 Å². The van der Waals surface area contributed by atoms with Gasteiger partial charge in [0.25, 0.3) is 5.91 Å². The molecule has 182 valence electrons. The van der Waals surface area contributed by atoms with Crippen molar-refractivity contribution in [1.29, 1.82) is 0 Å². The molecular weight excluding hydrogens is 454 g/mol. The highest BCUT2D eigenvalue weighted by atomic mass is 16.5. The number of ether oxygens (including phenoxy) is 1. The quantitative estimate of drug-likeness (QED) is 0.202. The Morgan fingerprint density at radius 1 is 1.06 bits per heavy atom. The fourth-order valence-corrected chi connectivity index (χ4v) is 5.02. The third kappa shape index (κ3) is 4.35. The molecule has 0 unspecified atom stereocenters. The van der Waals surface area contributed by atoms with Crippen LogP contribution in [0.3, 0.4) is 0 Å². The molecule has 3 aromatic carbocycles. The van der Waals surface area contributed by atoms with E-state index in [-0.39, 0.29) is 29.2 Å².